The van der Waals surface area contributed by atoms with Gasteiger partial charge in [0, 0.05) is 29.8 Å². The fourth-order valence-corrected chi connectivity index (χ4v) is 2.90. The van der Waals surface area contributed by atoms with E-state index in [0.29, 0.717) is 27.9 Å². The number of pyridine rings is 1. The lowest BCUT2D eigenvalue weighted by Crippen LogP contribution is -2.15. The van der Waals surface area contributed by atoms with E-state index in [2.05, 4.69) is 15.0 Å². The van der Waals surface area contributed by atoms with E-state index < -0.39 is 0 Å². The number of H-pyrrole nitrogens is 1. The molecule has 0 saturated carbocycles. The standard InChI is InChI=1S/C15H14N4O2S/c1-9-3-4-19-12(5-9)17-11(7-14(19)21)8-22-15-16-10(2)6-13(20)18-15/h3-7H,8H2,1-2H3,(H,16,18,20). The Balaban J connectivity index is 1.90. The van der Waals surface area contributed by atoms with E-state index in [-0.39, 0.29) is 11.1 Å². The topological polar surface area (TPSA) is 80.1 Å². The van der Waals surface area contributed by atoms with Gasteiger partial charge in [0.15, 0.2) is 5.16 Å². The van der Waals surface area contributed by atoms with Crippen molar-refractivity contribution in [3.8, 4) is 0 Å². The quantitative estimate of drug-likeness (QED) is 0.588. The number of aryl methyl sites for hydroxylation is 2. The van der Waals surface area contributed by atoms with Crippen LogP contribution in [0, 0.1) is 13.8 Å². The SMILES string of the molecule is Cc1ccn2c(=O)cc(CSc3nc(C)cc(=O)[nH]3)nc2c1. The molecule has 0 unspecified atom stereocenters. The zero-order chi connectivity index (χ0) is 15.7. The van der Waals surface area contributed by atoms with Gasteiger partial charge in [0.05, 0.1) is 5.69 Å². The van der Waals surface area contributed by atoms with Crippen LogP contribution < -0.4 is 11.1 Å². The summed E-state index contributed by atoms with van der Waals surface area (Å²) in [5.41, 5.74) is 2.68. The number of rotatable bonds is 3. The van der Waals surface area contributed by atoms with Crippen LogP contribution in [0.2, 0.25) is 0 Å². The van der Waals surface area contributed by atoms with Crippen molar-refractivity contribution < 1.29 is 0 Å². The average Bonchev–Trinajstić information content (AvgIpc) is 2.43. The fourth-order valence-electron chi connectivity index (χ4n) is 2.09. The lowest BCUT2D eigenvalue weighted by molar-refractivity contribution is 0.903. The maximum absolute atomic E-state index is 12.1. The zero-order valence-corrected chi connectivity index (χ0v) is 13.0. The Labute approximate surface area is 130 Å². The first-order valence-corrected chi connectivity index (χ1v) is 7.69. The van der Waals surface area contributed by atoms with E-state index in [0.717, 1.165) is 5.56 Å². The molecule has 0 aliphatic heterocycles. The second-order valence-electron chi connectivity index (χ2n) is 5.00. The first-order valence-electron chi connectivity index (χ1n) is 6.71. The van der Waals surface area contributed by atoms with Crippen LogP contribution in [0.25, 0.3) is 5.65 Å². The maximum atomic E-state index is 12.1. The zero-order valence-electron chi connectivity index (χ0n) is 12.2. The van der Waals surface area contributed by atoms with Gasteiger partial charge in [-0.15, -0.1) is 0 Å². The Morgan fingerprint density at radius 1 is 1.18 bits per heavy atom. The number of nitrogens with one attached hydrogen (secondary N) is 1. The van der Waals surface area contributed by atoms with E-state index in [4.69, 9.17) is 0 Å². The predicted molar refractivity (Wildman–Crippen MR) is 85.4 cm³/mol. The first-order chi connectivity index (χ1) is 10.5. The van der Waals surface area contributed by atoms with Gasteiger partial charge in [-0.25, -0.2) is 9.97 Å². The van der Waals surface area contributed by atoms with Gasteiger partial charge in [0.25, 0.3) is 11.1 Å². The molecule has 0 aromatic carbocycles. The second kappa shape index (κ2) is 5.76. The monoisotopic (exact) mass is 314 g/mol. The molecular weight excluding hydrogens is 300 g/mol. The molecule has 3 rings (SSSR count). The van der Waals surface area contributed by atoms with Crippen molar-refractivity contribution in [3.63, 3.8) is 0 Å². The molecule has 1 N–H and O–H groups in total. The summed E-state index contributed by atoms with van der Waals surface area (Å²) in [6, 6.07) is 6.67. The Bertz CT molecular complexity index is 962. The molecule has 22 heavy (non-hydrogen) atoms. The predicted octanol–water partition coefficient (Wildman–Crippen LogP) is 1.69. The minimum atomic E-state index is -0.183. The molecule has 112 valence electrons. The summed E-state index contributed by atoms with van der Waals surface area (Å²) in [5, 5.41) is 0.524. The van der Waals surface area contributed by atoms with Crippen LogP contribution in [0.4, 0.5) is 0 Å². The van der Waals surface area contributed by atoms with Gasteiger partial charge in [0.1, 0.15) is 5.65 Å². The van der Waals surface area contributed by atoms with Gasteiger partial charge in [-0.1, -0.05) is 11.8 Å². The molecule has 6 nitrogen and oxygen atoms in total. The number of hydrogen-bond acceptors (Lipinski definition) is 5. The molecule has 0 aliphatic rings. The third-order valence-corrected chi connectivity index (χ3v) is 3.99. The average molecular weight is 314 g/mol. The van der Waals surface area contributed by atoms with Crippen molar-refractivity contribution in [2.75, 3.05) is 0 Å². The van der Waals surface area contributed by atoms with Crippen molar-refractivity contribution in [1.29, 1.82) is 0 Å². The molecule has 0 spiro atoms. The molecule has 3 aromatic rings. The van der Waals surface area contributed by atoms with Crippen molar-refractivity contribution in [2.24, 2.45) is 0 Å². The van der Waals surface area contributed by atoms with Crippen LogP contribution in [0.5, 0.6) is 0 Å². The number of nitrogens with zero attached hydrogens (tertiary/aromatic N) is 3. The van der Waals surface area contributed by atoms with E-state index in [1.165, 1.54) is 28.3 Å². The molecule has 0 aliphatic carbocycles. The summed E-state index contributed by atoms with van der Waals surface area (Å²) < 4.78 is 1.51. The number of aromatic nitrogens is 4. The third kappa shape index (κ3) is 3.09. The van der Waals surface area contributed by atoms with E-state index in [1.807, 2.05) is 19.1 Å². The van der Waals surface area contributed by atoms with Crippen molar-refractivity contribution in [3.05, 3.63) is 68.1 Å². The number of thioether (sulfide) groups is 1. The Kier molecular flexibility index (Phi) is 3.81. The molecule has 0 amide bonds. The van der Waals surface area contributed by atoms with Crippen molar-refractivity contribution in [2.45, 2.75) is 24.8 Å². The van der Waals surface area contributed by atoms with Gasteiger partial charge < -0.3 is 4.98 Å². The minimum absolute atomic E-state index is 0.119. The molecule has 0 saturated heterocycles. The Morgan fingerprint density at radius 3 is 2.77 bits per heavy atom. The largest absolute Gasteiger partial charge is 0.301 e. The van der Waals surface area contributed by atoms with Crippen molar-refractivity contribution in [1.82, 2.24) is 19.4 Å². The summed E-state index contributed by atoms with van der Waals surface area (Å²) in [6.07, 6.45) is 1.72. The summed E-state index contributed by atoms with van der Waals surface area (Å²) in [4.78, 5) is 34.9. The van der Waals surface area contributed by atoms with Gasteiger partial charge >= 0.3 is 0 Å². The van der Waals surface area contributed by atoms with E-state index in [9.17, 15) is 9.59 Å². The molecule has 0 radical (unpaired) electrons. The van der Waals surface area contributed by atoms with Crippen LogP contribution in [-0.4, -0.2) is 19.4 Å². The van der Waals surface area contributed by atoms with Crippen LogP contribution in [0.15, 0.2) is 45.2 Å². The summed E-state index contributed by atoms with van der Waals surface area (Å²) in [6.45, 7) is 3.72. The highest BCUT2D eigenvalue weighted by Gasteiger charge is 2.05. The lowest BCUT2D eigenvalue weighted by Gasteiger charge is -2.05. The fraction of sp³-hybridized carbons (Fsp3) is 0.200. The van der Waals surface area contributed by atoms with Crippen molar-refractivity contribution >= 4 is 17.4 Å². The highest BCUT2D eigenvalue weighted by molar-refractivity contribution is 7.98. The number of aromatic amines is 1. The second-order valence-corrected chi connectivity index (χ2v) is 5.96. The number of hydrogen-bond donors (Lipinski definition) is 1. The van der Waals surface area contributed by atoms with Crippen LogP contribution in [0.3, 0.4) is 0 Å². The van der Waals surface area contributed by atoms with Gasteiger partial charge in [-0.3, -0.25) is 14.0 Å². The molecule has 0 fully saturated rings. The van der Waals surface area contributed by atoms with Gasteiger partial charge in [-0.2, -0.15) is 0 Å². The summed E-state index contributed by atoms with van der Waals surface area (Å²) >= 11 is 1.35. The Morgan fingerprint density at radius 2 is 2.00 bits per heavy atom. The smallest absolute Gasteiger partial charge is 0.258 e. The van der Waals surface area contributed by atoms with E-state index >= 15 is 0 Å². The highest BCUT2D eigenvalue weighted by atomic mass is 32.2. The molecule has 3 aromatic heterocycles. The molecule has 0 bridgehead atoms. The minimum Gasteiger partial charge on any atom is -0.301 e. The molecule has 0 atom stereocenters. The summed E-state index contributed by atoms with van der Waals surface area (Å²) in [5.74, 6) is 0.464. The first kappa shape index (κ1) is 14.5. The molecular formula is C15H14N4O2S. The number of fused-ring (bicyclic) bond motifs is 1. The highest BCUT2D eigenvalue weighted by Crippen LogP contribution is 2.16. The Hall–Kier alpha value is -2.41. The molecule has 7 heteroatoms. The van der Waals surface area contributed by atoms with Crippen LogP contribution in [0.1, 0.15) is 17.0 Å². The van der Waals surface area contributed by atoms with Crippen LogP contribution in [-0.2, 0) is 5.75 Å². The van der Waals surface area contributed by atoms with Gasteiger partial charge in [-0.05, 0) is 31.5 Å². The normalized spacial score (nSPS) is 11.0. The third-order valence-electron chi connectivity index (χ3n) is 3.08. The van der Waals surface area contributed by atoms with Gasteiger partial charge in [0.2, 0.25) is 0 Å². The van der Waals surface area contributed by atoms with E-state index in [1.54, 1.807) is 13.1 Å². The van der Waals surface area contributed by atoms with Crippen LogP contribution >= 0.6 is 11.8 Å². The summed E-state index contributed by atoms with van der Waals surface area (Å²) in [7, 11) is 0. The lowest BCUT2D eigenvalue weighted by atomic mass is 10.3. The molecule has 3 heterocycles. The maximum Gasteiger partial charge on any atom is 0.258 e.